The van der Waals surface area contributed by atoms with Crippen LogP contribution in [0.25, 0.3) is 0 Å². The van der Waals surface area contributed by atoms with E-state index in [9.17, 15) is 0 Å². The predicted octanol–water partition coefficient (Wildman–Crippen LogP) is 3.45. The molecule has 0 atom stereocenters. The first kappa shape index (κ1) is 23.0. The van der Waals surface area contributed by atoms with Gasteiger partial charge in [0.2, 0.25) is 0 Å². The van der Waals surface area contributed by atoms with Crippen molar-refractivity contribution in [2.24, 2.45) is 4.99 Å². The van der Waals surface area contributed by atoms with Crippen molar-refractivity contribution in [2.45, 2.75) is 33.1 Å². The number of nitrogens with one attached hydrogen (secondary N) is 2. The zero-order valence-electron chi connectivity index (χ0n) is 14.9. The van der Waals surface area contributed by atoms with E-state index in [4.69, 9.17) is 9.47 Å². The molecule has 0 amide bonds. The average Bonchev–Trinajstić information content (AvgIpc) is 2.58. The Bertz CT molecular complexity index is 416. The Kier molecular flexibility index (Phi) is 16.1. The summed E-state index contributed by atoms with van der Waals surface area (Å²) < 4.78 is 11.0. The summed E-state index contributed by atoms with van der Waals surface area (Å²) in [6.45, 7) is 8.94. The summed E-state index contributed by atoms with van der Waals surface area (Å²) in [6, 6.07) is 9.88. The maximum atomic E-state index is 5.66. The lowest BCUT2D eigenvalue weighted by atomic mass is 10.3. The zero-order chi connectivity index (χ0) is 16.6. The molecule has 0 aliphatic rings. The monoisotopic (exact) mass is 449 g/mol. The van der Waals surface area contributed by atoms with Gasteiger partial charge in [-0.15, -0.1) is 24.0 Å². The van der Waals surface area contributed by atoms with Crippen LogP contribution >= 0.6 is 24.0 Å². The molecule has 2 N–H and O–H groups in total. The van der Waals surface area contributed by atoms with E-state index in [-0.39, 0.29) is 24.0 Å². The van der Waals surface area contributed by atoms with Gasteiger partial charge in [-0.2, -0.15) is 0 Å². The summed E-state index contributed by atoms with van der Waals surface area (Å²) in [4.78, 5) is 4.56. The lowest BCUT2D eigenvalue weighted by Gasteiger charge is -2.11. The van der Waals surface area contributed by atoms with Crippen molar-refractivity contribution in [3.63, 3.8) is 0 Å². The SMILES string of the molecule is CCNC(=NCCCOc1ccccc1)NCCCCOCC.I. The molecule has 0 aliphatic heterocycles. The van der Waals surface area contributed by atoms with Crippen LogP contribution in [0.4, 0.5) is 0 Å². The first-order valence-corrected chi connectivity index (χ1v) is 8.64. The largest absolute Gasteiger partial charge is 0.494 e. The third kappa shape index (κ3) is 12.4. The number of rotatable bonds is 12. The van der Waals surface area contributed by atoms with Crippen LogP contribution in [0, 0.1) is 0 Å². The summed E-state index contributed by atoms with van der Waals surface area (Å²) in [5.74, 6) is 1.79. The van der Waals surface area contributed by atoms with Crippen LogP contribution in [0.15, 0.2) is 35.3 Å². The second-order valence-electron chi connectivity index (χ2n) is 5.11. The predicted molar refractivity (Wildman–Crippen MR) is 112 cm³/mol. The molecule has 0 bridgehead atoms. The van der Waals surface area contributed by atoms with Gasteiger partial charge in [0, 0.05) is 39.3 Å². The fourth-order valence-corrected chi connectivity index (χ4v) is 1.98. The third-order valence-electron chi connectivity index (χ3n) is 3.14. The Balaban J connectivity index is 0.00000529. The van der Waals surface area contributed by atoms with E-state index in [0.29, 0.717) is 6.61 Å². The molecule has 0 fully saturated rings. The van der Waals surface area contributed by atoms with Gasteiger partial charge in [-0.3, -0.25) is 4.99 Å². The van der Waals surface area contributed by atoms with Gasteiger partial charge in [0.05, 0.1) is 6.61 Å². The normalized spacial score (nSPS) is 10.8. The molecule has 5 nitrogen and oxygen atoms in total. The number of aliphatic imine (C=N–C) groups is 1. The Hall–Kier alpha value is -1.02. The third-order valence-corrected chi connectivity index (χ3v) is 3.14. The topological polar surface area (TPSA) is 54.9 Å². The minimum absolute atomic E-state index is 0. The van der Waals surface area contributed by atoms with Crippen molar-refractivity contribution in [2.75, 3.05) is 39.5 Å². The number of benzene rings is 1. The maximum Gasteiger partial charge on any atom is 0.191 e. The van der Waals surface area contributed by atoms with Crippen LogP contribution in [-0.2, 0) is 4.74 Å². The van der Waals surface area contributed by atoms with Gasteiger partial charge in [0.15, 0.2) is 5.96 Å². The first-order valence-electron chi connectivity index (χ1n) is 8.64. The molecule has 0 unspecified atom stereocenters. The fraction of sp³-hybridized carbons (Fsp3) is 0.611. The molecule has 138 valence electrons. The minimum Gasteiger partial charge on any atom is -0.494 e. The number of halogens is 1. The highest BCUT2D eigenvalue weighted by molar-refractivity contribution is 14.0. The van der Waals surface area contributed by atoms with E-state index < -0.39 is 0 Å². The number of hydrogen-bond donors (Lipinski definition) is 2. The number of ether oxygens (including phenoxy) is 2. The van der Waals surface area contributed by atoms with Crippen molar-refractivity contribution in [1.82, 2.24) is 10.6 Å². The molecule has 0 aromatic heterocycles. The molecule has 6 heteroatoms. The highest BCUT2D eigenvalue weighted by atomic mass is 127. The highest BCUT2D eigenvalue weighted by Crippen LogP contribution is 2.08. The number of para-hydroxylation sites is 1. The van der Waals surface area contributed by atoms with Gasteiger partial charge in [0.1, 0.15) is 5.75 Å². The van der Waals surface area contributed by atoms with E-state index in [2.05, 4.69) is 22.5 Å². The lowest BCUT2D eigenvalue weighted by molar-refractivity contribution is 0.143. The Morgan fingerprint density at radius 1 is 1.00 bits per heavy atom. The highest BCUT2D eigenvalue weighted by Gasteiger charge is 1.97. The van der Waals surface area contributed by atoms with Crippen molar-refractivity contribution in [1.29, 1.82) is 0 Å². The maximum absolute atomic E-state index is 5.66. The fourth-order valence-electron chi connectivity index (χ4n) is 1.98. The quantitative estimate of drug-likeness (QED) is 0.222. The van der Waals surface area contributed by atoms with E-state index in [1.165, 1.54) is 0 Å². The summed E-state index contributed by atoms with van der Waals surface area (Å²) in [5, 5.41) is 6.61. The van der Waals surface area contributed by atoms with Gasteiger partial charge in [0.25, 0.3) is 0 Å². The minimum atomic E-state index is 0. The Morgan fingerprint density at radius 2 is 1.79 bits per heavy atom. The average molecular weight is 449 g/mol. The number of hydrogen-bond acceptors (Lipinski definition) is 3. The van der Waals surface area contributed by atoms with E-state index in [1.54, 1.807) is 0 Å². The summed E-state index contributed by atoms with van der Waals surface area (Å²) >= 11 is 0. The molecule has 0 saturated heterocycles. The van der Waals surface area contributed by atoms with E-state index >= 15 is 0 Å². The van der Waals surface area contributed by atoms with Gasteiger partial charge in [-0.1, -0.05) is 18.2 Å². The smallest absolute Gasteiger partial charge is 0.191 e. The van der Waals surface area contributed by atoms with E-state index in [0.717, 1.165) is 63.8 Å². The zero-order valence-corrected chi connectivity index (χ0v) is 17.3. The van der Waals surface area contributed by atoms with Crippen LogP contribution in [0.5, 0.6) is 5.75 Å². The molecule has 0 aliphatic carbocycles. The van der Waals surface area contributed by atoms with Crippen LogP contribution in [0.3, 0.4) is 0 Å². The Labute approximate surface area is 163 Å². The van der Waals surface area contributed by atoms with Crippen molar-refractivity contribution in [3.8, 4) is 5.75 Å². The summed E-state index contributed by atoms with van der Waals surface area (Å²) in [6.07, 6.45) is 3.06. The van der Waals surface area contributed by atoms with Crippen molar-refractivity contribution < 1.29 is 9.47 Å². The number of guanidine groups is 1. The summed E-state index contributed by atoms with van der Waals surface area (Å²) in [5.41, 5.74) is 0. The van der Waals surface area contributed by atoms with E-state index in [1.807, 2.05) is 37.3 Å². The van der Waals surface area contributed by atoms with Crippen molar-refractivity contribution in [3.05, 3.63) is 30.3 Å². The molecule has 0 spiro atoms. The standard InChI is InChI=1S/C18H31N3O2.HI/c1-3-19-18(20-13-8-9-15-22-4-2)21-14-10-16-23-17-11-6-5-7-12-17;/h5-7,11-12H,3-4,8-10,13-16H2,1-2H3,(H2,19,20,21);1H. The van der Waals surface area contributed by atoms with Crippen molar-refractivity contribution >= 4 is 29.9 Å². The van der Waals surface area contributed by atoms with Crippen LogP contribution in [0.2, 0.25) is 0 Å². The molecule has 0 radical (unpaired) electrons. The van der Waals surface area contributed by atoms with Crippen LogP contribution < -0.4 is 15.4 Å². The molecule has 0 saturated carbocycles. The molecule has 1 aromatic carbocycles. The lowest BCUT2D eigenvalue weighted by Crippen LogP contribution is -2.38. The molecular weight excluding hydrogens is 417 g/mol. The second-order valence-corrected chi connectivity index (χ2v) is 5.11. The number of nitrogens with zero attached hydrogens (tertiary/aromatic N) is 1. The van der Waals surface area contributed by atoms with Gasteiger partial charge >= 0.3 is 0 Å². The second kappa shape index (κ2) is 16.8. The molecule has 24 heavy (non-hydrogen) atoms. The van der Waals surface area contributed by atoms with Gasteiger partial charge < -0.3 is 20.1 Å². The molecule has 1 rings (SSSR count). The van der Waals surface area contributed by atoms with Gasteiger partial charge in [-0.05, 0) is 38.8 Å². The molecule has 1 aromatic rings. The number of unbranched alkanes of at least 4 members (excludes halogenated alkanes) is 1. The first-order chi connectivity index (χ1) is 11.4. The van der Waals surface area contributed by atoms with Gasteiger partial charge in [-0.25, -0.2) is 0 Å². The molecular formula is C18H32IN3O2. The summed E-state index contributed by atoms with van der Waals surface area (Å²) in [7, 11) is 0. The van der Waals surface area contributed by atoms with Crippen LogP contribution in [-0.4, -0.2) is 45.4 Å². The van der Waals surface area contributed by atoms with Crippen LogP contribution in [0.1, 0.15) is 33.1 Å². The molecule has 0 heterocycles. The Morgan fingerprint density at radius 3 is 2.50 bits per heavy atom.